The van der Waals surface area contributed by atoms with E-state index in [1.54, 1.807) is 35.6 Å². The zero-order valence-corrected chi connectivity index (χ0v) is 23.3. The molecule has 194 valence electrons. The summed E-state index contributed by atoms with van der Waals surface area (Å²) in [6.45, 7) is 6.19. The maximum absolute atomic E-state index is 12.8. The van der Waals surface area contributed by atoms with Crippen LogP contribution in [0.15, 0.2) is 64.9 Å². The van der Waals surface area contributed by atoms with E-state index >= 15 is 0 Å². The van der Waals surface area contributed by atoms with Gasteiger partial charge in [-0.3, -0.25) is 9.69 Å². The summed E-state index contributed by atoms with van der Waals surface area (Å²) in [5.74, 6) is -0.172. The Morgan fingerprint density at radius 1 is 1.08 bits per heavy atom. The van der Waals surface area contributed by atoms with Crippen molar-refractivity contribution in [3.8, 4) is 17.2 Å². The molecule has 0 saturated heterocycles. The van der Waals surface area contributed by atoms with Gasteiger partial charge in [-0.25, -0.2) is 8.42 Å². The molecule has 4 rings (SSSR count). The summed E-state index contributed by atoms with van der Waals surface area (Å²) in [7, 11) is -3.26. The summed E-state index contributed by atoms with van der Waals surface area (Å²) in [5, 5.41) is 12.3. The summed E-state index contributed by atoms with van der Waals surface area (Å²) >= 11 is 1.63. The Kier molecular flexibility index (Phi) is 7.61. The topological polar surface area (TPSA) is 104 Å². The first-order valence-corrected chi connectivity index (χ1v) is 15.2. The lowest BCUT2D eigenvalue weighted by atomic mass is 9.92. The van der Waals surface area contributed by atoms with E-state index in [0.29, 0.717) is 19.3 Å². The van der Waals surface area contributed by atoms with Crippen LogP contribution in [0.2, 0.25) is 0 Å². The van der Waals surface area contributed by atoms with E-state index in [1.165, 1.54) is 6.26 Å². The fourth-order valence-corrected chi connectivity index (χ4v) is 6.62. The standard InChI is InChI=1S/C29H33N3O3S2/c1-19(2)17-25(28(31)33)32(29(18-30)14-15-29)26(27-20(3)13-16-36-27)23-7-5-21(6-8-23)22-9-11-24(12-10-22)37(4,34)35/h5-13,16,19,25-26H,14-15,17H2,1-4H3,(H2,31,33)/t25-,26-/m0/s1. The van der Waals surface area contributed by atoms with Crippen LogP contribution in [0.3, 0.4) is 0 Å². The first-order valence-electron chi connectivity index (χ1n) is 12.4. The number of aryl methyl sites for hydroxylation is 1. The summed E-state index contributed by atoms with van der Waals surface area (Å²) in [5.41, 5.74) is 9.22. The summed E-state index contributed by atoms with van der Waals surface area (Å²) < 4.78 is 23.7. The number of sulfone groups is 1. The molecule has 1 heterocycles. The van der Waals surface area contributed by atoms with Crippen molar-refractivity contribution in [2.24, 2.45) is 11.7 Å². The lowest BCUT2D eigenvalue weighted by Gasteiger charge is -2.41. The van der Waals surface area contributed by atoms with Crippen molar-refractivity contribution in [2.75, 3.05) is 6.26 Å². The molecule has 1 aliphatic carbocycles. The average Bonchev–Trinajstić information content (AvgIpc) is 3.54. The first kappa shape index (κ1) is 27.1. The van der Waals surface area contributed by atoms with Crippen LogP contribution in [-0.4, -0.2) is 37.1 Å². The quantitative estimate of drug-likeness (QED) is 0.370. The molecule has 1 aromatic heterocycles. The van der Waals surface area contributed by atoms with Gasteiger partial charge >= 0.3 is 0 Å². The molecular weight excluding hydrogens is 502 g/mol. The van der Waals surface area contributed by atoms with Crippen LogP contribution >= 0.6 is 11.3 Å². The number of hydrogen-bond acceptors (Lipinski definition) is 6. The van der Waals surface area contributed by atoms with Gasteiger partial charge in [0.05, 0.1) is 23.0 Å². The first-order chi connectivity index (χ1) is 17.5. The van der Waals surface area contributed by atoms with Crippen molar-refractivity contribution >= 4 is 27.1 Å². The van der Waals surface area contributed by atoms with Crippen LogP contribution in [0.5, 0.6) is 0 Å². The lowest BCUT2D eigenvalue weighted by molar-refractivity contribution is -0.125. The van der Waals surface area contributed by atoms with Crippen molar-refractivity contribution in [1.82, 2.24) is 4.90 Å². The minimum Gasteiger partial charge on any atom is -0.368 e. The molecule has 2 N–H and O–H groups in total. The summed E-state index contributed by atoms with van der Waals surface area (Å²) in [6, 6.07) is 18.7. The predicted octanol–water partition coefficient (Wildman–Crippen LogP) is 5.47. The second kappa shape index (κ2) is 10.4. The molecule has 1 saturated carbocycles. The molecule has 0 unspecified atom stereocenters. The molecular formula is C29H33N3O3S2. The van der Waals surface area contributed by atoms with Gasteiger partial charge in [0.2, 0.25) is 5.91 Å². The molecule has 0 radical (unpaired) electrons. The molecule has 37 heavy (non-hydrogen) atoms. The van der Waals surface area contributed by atoms with Gasteiger partial charge in [-0.2, -0.15) is 5.26 Å². The van der Waals surface area contributed by atoms with E-state index in [4.69, 9.17) is 5.73 Å². The highest BCUT2D eigenvalue weighted by Gasteiger charge is 2.55. The van der Waals surface area contributed by atoms with Crippen LogP contribution < -0.4 is 5.73 Å². The number of amides is 1. The molecule has 1 amide bonds. The zero-order valence-electron chi connectivity index (χ0n) is 21.6. The van der Waals surface area contributed by atoms with Gasteiger partial charge in [0.1, 0.15) is 5.54 Å². The zero-order chi connectivity index (χ0) is 27.0. The lowest BCUT2D eigenvalue weighted by Crippen LogP contribution is -2.53. The van der Waals surface area contributed by atoms with Gasteiger partial charge in [0.15, 0.2) is 9.84 Å². The maximum atomic E-state index is 12.8. The molecule has 1 fully saturated rings. The highest BCUT2D eigenvalue weighted by Crippen LogP contribution is 2.50. The van der Waals surface area contributed by atoms with Gasteiger partial charge in [-0.15, -0.1) is 11.3 Å². The number of carbonyl (C=O) groups excluding carboxylic acids is 1. The van der Waals surface area contributed by atoms with E-state index in [2.05, 4.69) is 37.8 Å². The van der Waals surface area contributed by atoms with Crippen molar-refractivity contribution in [3.63, 3.8) is 0 Å². The number of nitrogens with two attached hydrogens (primary N) is 1. The number of hydrogen-bond donors (Lipinski definition) is 1. The maximum Gasteiger partial charge on any atom is 0.234 e. The van der Waals surface area contributed by atoms with Crippen LogP contribution in [0.1, 0.15) is 55.2 Å². The van der Waals surface area contributed by atoms with E-state index in [-0.39, 0.29) is 16.9 Å². The largest absolute Gasteiger partial charge is 0.368 e. The summed E-state index contributed by atoms with van der Waals surface area (Å²) in [4.78, 5) is 16.3. The fourth-order valence-electron chi connectivity index (χ4n) is 4.94. The highest BCUT2D eigenvalue weighted by molar-refractivity contribution is 7.90. The number of rotatable bonds is 10. The van der Waals surface area contributed by atoms with Crippen molar-refractivity contribution < 1.29 is 13.2 Å². The minimum absolute atomic E-state index is 0.233. The van der Waals surface area contributed by atoms with Crippen LogP contribution in [0.4, 0.5) is 0 Å². The molecule has 3 aromatic rings. The number of nitriles is 1. The number of primary amides is 1. The van der Waals surface area contributed by atoms with Crippen LogP contribution in [0, 0.1) is 24.2 Å². The van der Waals surface area contributed by atoms with Gasteiger partial charge < -0.3 is 5.73 Å². The number of carbonyl (C=O) groups is 1. The summed E-state index contributed by atoms with van der Waals surface area (Å²) in [6.07, 6.45) is 3.18. The van der Waals surface area contributed by atoms with Gasteiger partial charge in [0.25, 0.3) is 0 Å². The van der Waals surface area contributed by atoms with Gasteiger partial charge in [0, 0.05) is 11.1 Å². The van der Waals surface area contributed by atoms with Crippen molar-refractivity contribution in [3.05, 3.63) is 76.0 Å². The number of thiophene rings is 1. The molecule has 6 nitrogen and oxygen atoms in total. The number of benzene rings is 2. The molecule has 1 aliphatic rings. The molecule has 2 aromatic carbocycles. The Morgan fingerprint density at radius 2 is 1.65 bits per heavy atom. The fraction of sp³-hybridized carbons (Fsp3) is 0.379. The Morgan fingerprint density at radius 3 is 2.05 bits per heavy atom. The monoisotopic (exact) mass is 535 g/mol. The Balaban J connectivity index is 1.80. The molecule has 0 bridgehead atoms. The molecule has 0 aliphatic heterocycles. The Labute approximate surface area is 223 Å². The predicted molar refractivity (Wildman–Crippen MR) is 148 cm³/mol. The molecule has 0 spiro atoms. The Hall–Kier alpha value is -2.99. The molecule has 8 heteroatoms. The van der Waals surface area contributed by atoms with Crippen molar-refractivity contribution in [1.29, 1.82) is 5.26 Å². The second-order valence-corrected chi connectivity index (χ2v) is 13.4. The smallest absolute Gasteiger partial charge is 0.234 e. The van der Waals surface area contributed by atoms with E-state index < -0.39 is 27.3 Å². The SMILES string of the molecule is Cc1ccsc1[C@H](c1ccc(-c2ccc(S(C)(=O)=O)cc2)cc1)N([C@@H](CC(C)C)C(N)=O)C1(C#N)CC1. The van der Waals surface area contributed by atoms with Crippen LogP contribution in [0.25, 0.3) is 11.1 Å². The third kappa shape index (κ3) is 5.64. The van der Waals surface area contributed by atoms with Crippen LogP contribution in [-0.2, 0) is 14.6 Å². The third-order valence-electron chi connectivity index (χ3n) is 7.06. The molecule has 2 atom stereocenters. The van der Waals surface area contributed by atoms with Gasteiger partial charge in [-0.05, 0) is 77.9 Å². The van der Waals surface area contributed by atoms with Gasteiger partial charge in [-0.1, -0.05) is 50.2 Å². The number of nitrogens with zero attached hydrogens (tertiary/aromatic N) is 2. The normalized spacial score (nSPS) is 16.4. The average molecular weight is 536 g/mol. The van der Waals surface area contributed by atoms with E-state index in [9.17, 15) is 18.5 Å². The second-order valence-electron chi connectivity index (χ2n) is 10.4. The Bertz CT molecular complexity index is 1410. The highest BCUT2D eigenvalue weighted by atomic mass is 32.2. The van der Waals surface area contributed by atoms with Crippen molar-refractivity contribution in [2.45, 2.75) is 62.6 Å². The minimum atomic E-state index is -3.26. The van der Waals surface area contributed by atoms with E-state index in [1.807, 2.05) is 29.6 Å². The van der Waals surface area contributed by atoms with E-state index in [0.717, 1.165) is 27.1 Å². The third-order valence-corrected chi connectivity index (χ3v) is 9.26.